The van der Waals surface area contributed by atoms with Crippen molar-refractivity contribution >= 4 is 11.9 Å². The molecule has 1 aliphatic heterocycles. The van der Waals surface area contributed by atoms with E-state index in [2.05, 4.69) is 0 Å². The van der Waals surface area contributed by atoms with Gasteiger partial charge in [0.2, 0.25) is 0 Å². The summed E-state index contributed by atoms with van der Waals surface area (Å²) in [5.41, 5.74) is 1.38. The van der Waals surface area contributed by atoms with Crippen LogP contribution in [0.15, 0.2) is 18.2 Å². The molecule has 0 radical (unpaired) electrons. The first-order chi connectivity index (χ1) is 8.95. The maximum atomic E-state index is 12.3. The third-order valence-electron chi connectivity index (χ3n) is 3.37. The molecular formula is C14H17NO4. The summed E-state index contributed by atoms with van der Waals surface area (Å²) in [7, 11) is 1.53. The van der Waals surface area contributed by atoms with Crippen molar-refractivity contribution in [1.29, 1.82) is 0 Å². The minimum Gasteiger partial charge on any atom is -0.497 e. The van der Waals surface area contributed by atoms with Gasteiger partial charge in [-0.05, 0) is 23.6 Å². The van der Waals surface area contributed by atoms with Crippen LogP contribution >= 0.6 is 0 Å². The fraction of sp³-hybridized carbons (Fsp3) is 0.429. The van der Waals surface area contributed by atoms with Crippen LogP contribution in [0.1, 0.15) is 29.8 Å². The summed E-state index contributed by atoms with van der Waals surface area (Å²) >= 11 is 0. The summed E-state index contributed by atoms with van der Waals surface area (Å²) < 4.78 is 5.09. The molecule has 1 aromatic rings. The van der Waals surface area contributed by atoms with Gasteiger partial charge in [-0.25, -0.2) is 4.79 Å². The number of carbonyl (C=O) groups is 2. The van der Waals surface area contributed by atoms with Gasteiger partial charge in [0.15, 0.2) is 0 Å². The Hall–Kier alpha value is -2.04. The van der Waals surface area contributed by atoms with Crippen molar-refractivity contribution in [1.82, 2.24) is 4.90 Å². The second-order valence-electron chi connectivity index (χ2n) is 4.98. The minimum atomic E-state index is -0.969. The molecule has 0 aromatic heterocycles. The molecule has 5 nitrogen and oxygen atoms in total. The number of ether oxygens (including phenoxy) is 1. The Labute approximate surface area is 111 Å². The van der Waals surface area contributed by atoms with Crippen molar-refractivity contribution in [2.75, 3.05) is 7.11 Å². The molecular weight excluding hydrogens is 246 g/mol. The molecule has 0 bridgehead atoms. The summed E-state index contributed by atoms with van der Waals surface area (Å²) in [5.74, 6) is -0.749. The Balaban J connectivity index is 2.35. The van der Waals surface area contributed by atoms with E-state index in [0.717, 1.165) is 5.56 Å². The standard InChI is InChI=1S/C14H17NO4/c1-8(2)12(14(17)18)15-7-9-4-5-10(19-3)6-11(9)13(15)16/h4-6,8,12H,7H2,1-3H3,(H,17,18). The number of amides is 1. The summed E-state index contributed by atoms with van der Waals surface area (Å²) in [5, 5.41) is 9.28. The number of methoxy groups -OCH3 is 1. The molecule has 5 heteroatoms. The SMILES string of the molecule is COc1ccc2c(c1)C(=O)N(C(C(=O)O)C(C)C)C2. The number of rotatable bonds is 4. The Morgan fingerprint density at radius 3 is 2.63 bits per heavy atom. The monoisotopic (exact) mass is 263 g/mol. The number of benzene rings is 1. The van der Waals surface area contributed by atoms with Crippen LogP contribution in [0.5, 0.6) is 5.75 Å². The topological polar surface area (TPSA) is 66.8 Å². The maximum absolute atomic E-state index is 12.3. The average Bonchev–Trinajstić information content (AvgIpc) is 2.66. The molecule has 0 saturated heterocycles. The number of hydrogen-bond acceptors (Lipinski definition) is 3. The lowest BCUT2D eigenvalue weighted by Gasteiger charge is -2.27. The number of fused-ring (bicyclic) bond motifs is 1. The van der Waals surface area contributed by atoms with Crippen molar-refractivity contribution in [3.63, 3.8) is 0 Å². The van der Waals surface area contributed by atoms with Crippen molar-refractivity contribution < 1.29 is 19.4 Å². The van der Waals surface area contributed by atoms with Crippen LogP contribution in [0.3, 0.4) is 0 Å². The highest BCUT2D eigenvalue weighted by atomic mass is 16.5. The maximum Gasteiger partial charge on any atom is 0.326 e. The lowest BCUT2D eigenvalue weighted by Crippen LogP contribution is -2.44. The van der Waals surface area contributed by atoms with Gasteiger partial charge in [0.05, 0.1) is 7.11 Å². The molecule has 1 aromatic carbocycles. The zero-order valence-corrected chi connectivity index (χ0v) is 11.2. The van der Waals surface area contributed by atoms with Crippen LogP contribution < -0.4 is 4.74 Å². The Bertz CT molecular complexity index is 524. The molecule has 0 aliphatic carbocycles. The van der Waals surface area contributed by atoms with E-state index in [-0.39, 0.29) is 11.8 Å². The lowest BCUT2D eigenvalue weighted by atomic mass is 10.0. The number of nitrogens with zero attached hydrogens (tertiary/aromatic N) is 1. The third kappa shape index (κ3) is 2.28. The lowest BCUT2D eigenvalue weighted by molar-refractivity contribution is -0.144. The molecule has 1 atom stereocenters. The molecule has 2 rings (SSSR count). The average molecular weight is 263 g/mol. The van der Waals surface area contributed by atoms with Gasteiger partial charge >= 0.3 is 5.97 Å². The molecule has 1 N–H and O–H groups in total. The second-order valence-corrected chi connectivity index (χ2v) is 4.98. The number of hydrogen-bond donors (Lipinski definition) is 1. The van der Waals surface area contributed by atoms with Gasteiger partial charge in [-0.3, -0.25) is 4.79 Å². The largest absolute Gasteiger partial charge is 0.497 e. The smallest absolute Gasteiger partial charge is 0.326 e. The van der Waals surface area contributed by atoms with Gasteiger partial charge in [-0.15, -0.1) is 0 Å². The quantitative estimate of drug-likeness (QED) is 0.898. The summed E-state index contributed by atoms with van der Waals surface area (Å²) in [6.45, 7) is 3.94. The Morgan fingerprint density at radius 1 is 1.42 bits per heavy atom. The van der Waals surface area contributed by atoms with E-state index < -0.39 is 12.0 Å². The summed E-state index contributed by atoms with van der Waals surface area (Å²) in [6, 6.07) is 4.45. The third-order valence-corrected chi connectivity index (χ3v) is 3.37. The van der Waals surface area contributed by atoms with Crippen LogP contribution in [0.25, 0.3) is 0 Å². The predicted molar refractivity (Wildman–Crippen MR) is 69.1 cm³/mol. The van der Waals surface area contributed by atoms with E-state index in [1.807, 2.05) is 6.07 Å². The van der Waals surface area contributed by atoms with Crippen LogP contribution in [-0.4, -0.2) is 35.0 Å². The highest BCUT2D eigenvalue weighted by Gasteiger charge is 2.38. The molecule has 1 amide bonds. The van der Waals surface area contributed by atoms with Gasteiger partial charge in [-0.2, -0.15) is 0 Å². The Morgan fingerprint density at radius 2 is 2.11 bits per heavy atom. The van der Waals surface area contributed by atoms with Gasteiger partial charge in [0.25, 0.3) is 5.91 Å². The van der Waals surface area contributed by atoms with Crippen molar-refractivity contribution in [2.24, 2.45) is 5.92 Å². The second kappa shape index (κ2) is 4.91. The van der Waals surface area contributed by atoms with E-state index >= 15 is 0 Å². The normalized spacial score (nSPS) is 15.6. The van der Waals surface area contributed by atoms with E-state index in [1.165, 1.54) is 12.0 Å². The van der Waals surface area contributed by atoms with Crippen LogP contribution in [0.2, 0.25) is 0 Å². The molecule has 102 valence electrons. The first-order valence-corrected chi connectivity index (χ1v) is 6.16. The van der Waals surface area contributed by atoms with Crippen LogP contribution in [0.4, 0.5) is 0 Å². The van der Waals surface area contributed by atoms with E-state index in [1.54, 1.807) is 26.0 Å². The van der Waals surface area contributed by atoms with Gasteiger partial charge in [0.1, 0.15) is 11.8 Å². The zero-order chi connectivity index (χ0) is 14.2. The molecule has 0 fully saturated rings. The molecule has 19 heavy (non-hydrogen) atoms. The Kier molecular flexibility index (Phi) is 3.46. The molecule has 1 heterocycles. The number of carboxylic acids is 1. The van der Waals surface area contributed by atoms with E-state index in [9.17, 15) is 14.7 Å². The van der Waals surface area contributed by atoms with Crippen molar-refractivity contribution in [3.05, 3.63) is 29.3 Å². The molecule has 1 aliphatic rings. The van der Waals surface area contributed by atoms with E-state index in [4.69, 9.17) is 4.74 Å². The first-order valence-electron chi connectivity index (χ1n) is 6.16. The van der Waals surface area contributed by atoms with Crippen LogP contribution in [0, 0.1) is 5.92 Å². The number of carboxylic acid groups (broad SMARTS) is 1. The summed E-state index contributed by atoms with van der Waals surface area (Å²) in [6.07, 6.45) is 0. The minimum absolute atomic E-state index is 0.141. The fourth-order valence-corrected chi connectivity index (χ4v) is 2.43. The number of aliphatic carboxylic acids is 1. The molecule has 1 unspecified atom stereocenters. The van der Waals surface area contributed by atoms with Gasteiger partial charge < -0.3 is 14.7 Å². The molecule has 0 saturated carbocycles. The van der Waals surface area contributed by atoms with Gasteiger partial charge in [-0.1, -0.05) is 19.9 Å². The predicted octanol–water partition coefficient (Wildman–Crippen LogP) is 1.76. The van der Waals surface area contributed by atoms with Crippen molar-refractivity contribution in [2.45, 2.75) is 26.4 Å². The van der Waals surface area contributed by atoms with E-state index in [0.29, 0.717) is 17.9 Å². The van der Waals surface area contributed by atoms with Crippen molar-refractivity contribution in [3.8, 4) is 5.75 Å². The fourth-order valence-electron chi connectivity index (χ4n) is 2.43. The summed E-state index contributed by atoms with van der Waals surface area (Å²) in [4.78, 5) is 25.1. The first kappa shape index (κ1) is 13.4. The zero-order valence-electron chi connectivity index (χ0n) is 11.2. The highest BCUT2D eigenvalue weighted by molar-refractivity contribution is 6.00. The van der Waals surface area contributed by atoms with Crippen LogP contribution in [-0.2, 0) is 11.3 Å². The molecule has 0 spiro atoms. The number of carbonyl (C=O) groups excluding carboxylic acids is 1. The highest BCUT2D eigenvalue weighted by Crippen LogP contribution is 2.29. The van der Waals surface area contributed by atoms with Gasteiger partial charge in [0, 0.05) is 12.1 Å².